The first-order valence-electron chi connectivity index (χ1n) is 9.79. The number of sulfonamides is 1. The van der Waals surface area contributed by atoms with Gasteiger partial charge in [0.15, 0.2) is 6.10 Å². The number of ether oxygens (including phenoxy) is 2. The Morgan fingerprint density at radius 1 is 1.07 bits per heavy atom. The third kappa shape index (κ3) is 5.96. The average molecular weight is 497 g/mol. The summed E-state index contributed by atoms with van der Waals surface area (Å²) in [5.74, 6) is 0.915. The second-order valence-electron chi connectivity index (χ2n) is 6.94. The first kappa shape index (κ1) is 22.6. The minimum absolute atomic E-state index is 0.242. The minimum atomic E-state index is -3.43. The second kappa shape index (κ2) is 10.3. The van der Waals surface area contributed by atoms with E-state index in [2.05, 4.69) is 21.2 Å². The highest BCUT2D eigenvalue weighted by Gasteiger charge is 2.26. The highest BCUT2D eigenvalue weighted by atomic mass is 79.9. The third-order valence-electron chi connectivity index (χ3n) is 4.69. The van der Waals surface area contributed by atoms with E-state index in [1.807, 2.05) is 12.1 Å². The van der Waals surface area contributed by atoms with E-state index in [4.69, 9.17) is 9.47 Å². The van der Waals surface area contributed by atoms with Crippen LogP contribution in [0.5, 0.6) is 11.5 Å². The van der Waals surface area contributed by atoms with Gasteiger partial charge in [-0.25, -0.2) is 8.42 Å². The van der Waals surface area contributed by atoms with Crippen LogP contribution in [0.25, 0.3) is 0 Å². The number of carbonyl (C=O) groups excluding carboxylic acids is 1. The van der Waals surface area contributed by atoms with Crippen molar-refractivity contribution < 1.29 is 22.7 Å². The van der Waals surface area contributed by atoms with Gasteiger partial charge in [0.2, 0.25) is 10.0 Å². The fourth-order valence-corrected chi connectivity index (χ4v) is 4.82. The zero-order chi connectivity index (χ0) is 21.6. The standard InChI is InChI=1S/C21H25BrN2O5S/c1-16(29-19-6-4-17(22)5-7-19)21(25)23-12-15-28-18-8-10-20(11-9-18)30(26,27)24-13-2-3-14-24/h4-11,16H,2-3,12-15H2,1H3,(H,23,25). The number of benzene rings is 2. The van der Waals surface area contributed by atoms with Crippen molar-refractivity contribution >= 4 is 31.9 Å². The fourth-order valence-electron chi connectivity index (χ4n) is 3.04. The molecule has 3 rings (SSSR count). The highest BCUT2D eigenvalue weighted by molar-refractivity contribution is 9.10. The number of amides is 1. The normalized spacial score (nSPS) is 15.5. The van der Waals surface area contributed by atoms with E-state index >= 15 is 0 Å². The van der Waals surface area contributed by atoms with Gasteiger partial charge in [0, 0.05) is 17.6 Å². The Hall–Kier alpha value is -2.10. The summed E-state index contributed by atoms with van der Waals surface area (Å²) < 4.78 is 38.7. The SMILES string of the molecule is CC(Oc1ccc(Br)cc1)C(=O)NCCOc1ccc(S(=O)(=O)N2CCCC2)cc1. The maximum atomic E-state index is 12.5. The fraction of sp³-hybridized carbons (Fsp3) is 0.381. The van der Waals surface area contributed by atoms with Gasteiger partial charge in [0.25, 0.3) is 5.91 Å². The molecule has 1 fully saturated rings. The molecule has 2 aromatic rings. The van der Waals surface area contributed by atoms with Crippen molar-refractivity contribution in [3.8, 4) is 11.5 Å². The lowest BCUT2D eigenvalue weighted by Crippen LogP contribution is -2.38. The largest absolute Gasteiger partial charge is 0.492 e. The molecule has 0 aromatic heterocycles. The molecule has 1 unspecified atom stereocenters. The van der Waals surface area contributed by atoms with Gasteiger partial charge in [-0.15, -0.1) is 0 Å². The minimum Gasteiger partial charge on any atom is -0.492 e. The van der Waals surface area contributed by atoms with Crippen LogP contribution >= 0.6 is 15.9 Å². The molecule has 1 heterocycles. The molecule has 162 valence electrons. The number of nitrogens with one attached hydrogen (secondary N) is 1. The number of carbonyl (C=O) groups is 1. The molecular weight excluding hydrogens is 472 g/mol. The zero-order valence-electron chi connectivity index (χ0n) is 16.7. The summed E-state index contributed by atoms with van der Waals surface area (Å²) in [6.07, 6.45) is 1.17. The molecule has 1 amide bonds. The number of hydrogen-bond donors (Lipinski definition) is 1. The van der Waals surface area contributed by atoms with Crippen molar-refractivity contribution in [3.05, 3.63) is 53.0 Å². The summed E-state index contributed by atoms with van der Waals surface area (Å²) in [4.78, 5) is 12.4. The smallest absolute Gasteiger partial charge is 0.260 e. The van der Waals surface area contributed by atoms with Crippen LogP contribution in [0, 0.1) is 0 Å². The summed E-state index contributed by atoms with van der Waals surface area (Å²) >= 11 is 3.35. The molecule has 1 atom stereocenters. The summed E-state index contributed by atoms with van der Waals surface area (Å²) in [5.41, 5.74) is 0. The molecule has 0 aliphatic carbocycles. The Labute approximate surface area is 185 Å². The zero-order valence-corrected chi connectivity index (χ0v) is 19.1. The Morgan fingerprint density at radius 3 is 2.30 bits per heavy atom. The lowest BCUT2D eigenvalue weighted by molar-refractivity contribution is -0.127. The summed E-state index contributed by atoms with van der Waals surface area (Å²) in [6.45, 7) is 3.39. The van der Waals surface area contributed by atoms with Crippen LogP contribution in [-0.2, 0) is 14.8 Å². The van der Waals surface area contributed by atoms with Crippen LogP contribution in [-0.4, -0.2) is 51.0 Å². The third-order valence-corrected chi connectivity index (χ3v) is 7.13. The highest BCUT2D eigenvalue weighted by Crippen LogP contribution is 2.23. The Balaban J connectivity index is 1.41. The molecule has 9 heteroatoms. The van der Waals surface area contributed by atoms with Crippen LogP contribution in [0.3, 0.4) is 0 Å². The van der Waals surface area contributed by atoms with Crippen LogP contribution < -0.4 is 14.8 Å². The van der Waals surface area contributed by atoms with Gasteiger partial charge in [-0.3, -0.25) is 4.79 Å². The van der Waals surface area contributed by atoms with Crippen molar-refractivity contribution in [2.45, 2.75) is 30.8 Å². The molecule has 1 aliphatic rings. The molecule has 0 bridgehead atoms. The quantitative estimate of drug-likeness (QED) is 0.538. The Kier molecular flexibility index (Phi) is 7.74. The first-order valence-corrected chi connectivity index (χ1v) is 12.0. The molecule has 30 heavy (non-hydrogen) atoms. The van der Waals surface area contributed by atoms with E-state index in [1.165, 1.54) is 4.31 Å². The number of hydrogen-bond acceptors (Lipinski definition) is 5. The molecule has 1 N–H and O–H groups in total. The second-order valence-corrected chi connectivity index (χ2v) is 9.79. The predicted octanol–water partition coefficient (Wildman–Crippen LogP) is 3.20. The number of halogens is 1. The van der Waals surface area contributed by atoms with Crippen molar-refractivity contribution in [3.63, 3.8) is 0 Å². The topological polar surface area (TPSA) is 84.9 Å². The van der Waals surface area contributed by atoms with Crippen molar-refractivity contribution in [2.75, 3.05) is 26.2 Å². The summed E-state index contributed by atoms with van der Waals surface area (Å²) in [5, 5.41) is 2.76. The van der Waals surface area contributed by atoms with Gasteiger partial charge < -0.3 is 14.8 Å². The summed E-state index contributed by atoms with van der Waals surface area (Å²) in [7, 11) is -3.43. The van der Waals surface area contributed by atoms with Crippen molar-refractivity contribution in [1.82, 2.24) is 9.62 Å². The van der Waals surface area contributed by atoms with Crippen molar-refractivity contribution in [2.24, 2.45) is 0 Å². The number of rotatable bonds is 9. The van der Waals surface area contributed by atoms with Gasteiger partial charge in [0.05, 0.1) is 11.4 Å². The lowest BCUT2D eigenvalue weighted by atomic mass is 10.3. The molecule has 0 spiro atoms. The van der Waals surface area contributed by atoms with E-state index in [0.717, 1.165) is 17.3 Å². The molecule has 1 saturated heterocycles. The number of nitrogens with zero attached hydrogens (tertiary/aromatic N) is 1. The average Bonchev–Trinajstić information content (AvgIpc) is 3.29. The van der Waals surface area contributed by atoms with E-state index < -0.39 is 16.1 Å². The van der Waals surface area contributed by atoms with Gasteiger partial charge in [0.1, 0.15) is 18.1 Å². The molecule has 1 aliphatic heterocycles. The van der Waals surface area contributed by atoms with Crippen LogP contribution in [0.1, 0.15) is 19.8 Å². The predicted molar refractivity (Wildman–Crippen MR) is 117 cm³/mol. The van der Waals surface area contributed by atoms with Gasteiger partial charge in [-0.1, -0.05) is 15.9 Å². The van der Waals surface area contributed by atoms with Gasteiger partial charge >= 0.3 is 0 Å². The van der Waals surface area contributed by atoms with Gasteiger partial charge in [-0.05, 0) is 68.3 Å². The van der Waals surface area contributed by atoms with E-state index in [-0.39, 0.29) is 17.4 Å². The molecule has 0 saturated carbocycles. The van der Waals surface area contributed by atoms with E-state index in [0.29, 0.717) is 31.1 Å². The Bertz CT molecular complexity index is 942. The van der Waals surface area contributed by atoms with Gasteiger partial charge in [-0.2, -0.15) is 4.31 Å². The molecule has 7 nitrogen and oxygen atoms in total. The van der Waals surface area contributed by atoms with E-state index in [1.54, 1.807) is 43.3 Å². The lowest BCUT2D eigenvalue weighted by Gasteiger charge is -2.16. The summed E-state index contributed by atoms with van der Waals surface area (Å²) in [6, 6.07) is 13.6. The molecular formula is C21H25BrN2O5S. The van der Waals surface area contributed by atoms with E-state index in [9.17, 15) is 13.2 Å². The Morgan fingerprint density at radius 2 is 1.67 bits per heavy atom. The van der Waals surface area contributed by atoms with Crippen LogP contribution in [0.4, 0.5) is 0 Å². The van der Waals surface area contributed by atoms with Crippen LogP contribution in [0.15, 0.2) is 57.9 Å². The maximum absolute atomic E-state index is 12.5. The van der Waals surface area contributed by atoms with Crippen molar-refractivity contribution in [1.29, 1.82) is 0 Å². The first-order chi connectivity index (χ1) is 14.4. The maximum Gasteiger partial charge on any atom is 0.260 e. The van der Waals surface area contributed by atoms with Crippen LogP contribution in [0.2, 0.25) is 0 Å². The monoisotopic (exact) mass is 496 g/mol. The molecule has 0 radical (unpaired) electrons. The molecule has 2 aromatic carbocycles.